The molecule has 8 heteroatoms. The van der Waals surface area contributed by atoms with Gasteiger partial charge >= 0.3 is 0 Å². The van der Waals surface area contributed by atoms with Gasteiger partial charge in [-0.3, -0.25) is 9.48 Å². The molecular weight excluding hydrogens is 379 g/mol. The number of H-pyrrole nitrogens is 1. The van der Waals surface area contributed by atoms with E-state index < -0.39 is 0 Å². The molecule has 2 N–H and O–H groups in total. The lowest BCUT2D eigenvalue weighted by atomic mass is 9.99. The predicted octanol–water partition coefficient (Wildman–Crippen LogP) is 3.41. The largest absolute Gasteiger partial charge is 0.496 e. The van der Waals surface area contributed by atoms with E-state index in [0.29, 0.717) is 22.9 Å². The predicted molar refractivity (Wildman–Crippen MR) is 108 cm³/mol. The zero-order chi connectivity index (χ0) is 19.3. The molecule has 4 aromatic rings. The molecule has 0 bridgehead atoms. The van der Waals surface area contributed by atoms with Crippen LogP contribution in [0.2, 0.25) is 0 Å². The lowest BCUT2D eigenvalue weighted by Crippen LogP contribution is -2.43. The molecule has 28 heavy (non-hydrogen) atoms. The van der Waals surface area contributed by atoms with Crippen molar-refractivity contribution in [2.75, 3.05) is 20.2 Å². The number of benzene rings is 1. The Hall–Kier alpha value is -2.97. The van der Waals surface area contributed by atoms with Gasteiger partial charge in [0.15, 0.2) is 0 Å². The standard InChI is InChI=1S/C20H17FN4O2S/c1-27-16-6-12(21)2-3-14(16)17-18(24-20(26)15-4-5-28-19(15)17)11-7-23-25(10-11)13-8-22-9-13/h2-7,10,13,22H,8-9H2,1H3,(H,24,26). The number of rotatable bonds is 4. The van der Waals surface area contributed by atoms with Crippen LogP contribution in [-0.2, 0) is 0 Å². The van der Waals surface area contributed by atoms with Gasteiger partial charge in [0.1, 0.15) is 11.6 Å². The first-order valence-corrected chi connectivity index (χ1v) is 9.76. The normalized spacial score (nSPS) is 14.4. The number of halogens is 1. The summed E-state index contributed by atoms with van der Waals surface area (Å²) in [6, 6.07) is 6.55. The first kappa shape index (κ1) is 17.2. The maximum Gasteiger partial charge on any atom is 0.257 e. The number of thiophene rings is 1. The molecule has 4 heterocycles. The van der Waals surface area contributed by atoms with Crippen molar-refractivity contribution < 1.29 is 9.13 Å². The minimum atomic E-state index is -0.376. The molecule has 0 unspecified atom stereocenters. The van der Waals surface area contributed by atoms with Crippen LogP contribution in [0.4, 0.5) is 4.39 Å². The molecule has 1 aliphatic rings. The SMILES string of the molecule is COc1cc(F)ccc1-c1c(-c2cnn(C3CNC3)c2)[nH]c(=O)c2ccsc12. The van der Waals surface area contributed by atoms with Gasteiger partial charge in [0.2, 0.25) is 0 Å². The van der Waals surface area contributed by atoms with E-state index in [1.54, 1.807) is 18.3 Å². The molecule has 3 aromatic heterocycles. The molecule has 0 spiro atoms. The molecule has 1 saturated heterocycles. The quantitative estimate of drug-likeness (QED) is 0.555. The number of ether oxygens (including phenoxy) is 1. The van der Waals surface area contributed by atoms with Crippen molar-refractivity contribution in [3.05, 3.63) is 58.2 Å². The van der Waals surface area contributed by atoms with Crippen LogP contribution < -0.4 is 15.6 Å². The van der Waals surface area contributed by atoms with Crippen LogP contribution in [0.3, 0.4) is 0 Å². The summed E-state index contributed by atoms with van der Waals surface area (Å²) >= 11 is 1.48. The van der Waals surface area contributed by atoms with Gasteiger partial charge in [-0.1, -0.05) is 0 Å². The molecule has 0 radical (unpaired) electrons. The van der Waals surface area contributed by atoms with Crippen molar-refractivity contribution >= 4 is 21.4 Å². The van der Waals surface area contributed by atoms with E-state index in [2.05, 4.69) is 15.4 Å². The summed E-state index contributed by atoms with van der Waals surface area (Å²) in [6.45, 7) is 1.75. The molecule has 1 fully saturated rings. The second kappa shape index (κ2) is 6.57. The Labute approximate surface area is 163 Å². The molecule has 6 nitrogen and oxygen atoms in total. The van der Waals surface area contributed by atoms with Crippen LogP contribution in [0.25, 0.3) is 32.5 Å². The molecule has 1 aromatic carbocycles. The van der Waals surface area contributed by atoms with E-state index in [-0.39, 0.29) is 11.4 Å². The third kappa shape index (κ3) is 2.64. The average molecular weight is 396 g/mol. The fraction of sp³-hybridized carbons (Fsp3) is 0.200. The molecule has 5 rings (SSSR count). The highest BCUT2D eigenvalue weighted by molar-refractivity contribution is 7.17. The number of aromatic amines is 1. The molecule has 1 aliphatic heterocycles. The highest BCUT2D eigenvalue weighted by Crippen LogP contribution is 2.42. The first-order chi connectivity index (χ1) is 13.7. The highest BCUT2D eigenvalue weighted by Gasteiger charge is 2.23. The highest BCUT2D eigenvalue weighted by atomic mass is 32.1. The topological polar surface area (TPSA) is 71.9 Å². The summed E-state index contributed by atoms with van der Waals surface area (Å²) < 4.78 is 22.0. The van der Waals surface area contributed by atoms with Crippen molar-refractivity contribution in [1.29, 1.82) is 0 Å². The maximum absolute atomic E-state index is 13.8. The Morgan fingerprint density at radius 3 is 2.93 bits per heavy atom. The molecular formula is C20H17FN4O2S. The Kier molecular flexibility index (Phi) is 4.03. The lowest BCUT2D eigenvalue weighted by molar-refractivity contribution is 0.318. The third-order valence-electron chi connectivity index (χ3n) is 5.08. The van der Waals surface area contributed by atoms with E-state index >= 15 is 0 Å². The Morgan fingerprint density at radius 1 is 1.32 bits per heavy atom. The van der Waals surface area contributed by atoms with Crippen molar-refractivity contribution in [2.24, 2.45) is 0 Å². The van der Waals surface area contributed by atoms with Crippen molar-refractivity contribution in [1.82, 2.24) is 20.1 Å². The Balaban J connectivity index is 1.79. The van der Waals surface area contributed by atoms with Gasteiger partial charge in [0.05, 0.1) is 30.4 Å². The van der Waals surface area contributed by atoms with E-state index in [0.717, 1.165) is 34.5 Å². The Bertz CT molecular complexity index is 1240. The minimum absolute atomic E-state index is 0.158. The van der Waals surface area contributed by atoms with Gasteiger partial charge in [-0.15, -0.1) is 11.3 Å². The lowest BCUT2D eigenvalue weighted by Gasteiger charge is -2.27. The van der Waals surface area contributed by atoms with Gasteiger partial charge in [0.25, 0.3) is 5.56 Å². The van der Waals surface area contributed by atoms with Crippen LogP contribution in [0, 0.1) is 5.82 Å². The first-order valence-electron chi connectivity index (χ1n) is 8.88. The second-order valence-corrected chi connectivity index (χ2v) is 7.65. The van der Waals surface area contributed by atoms with Gasteiger partial charge in [0, 0.05) is 46.7 Å². The molecule has 0 atom stereocenters. The van der Waals surface area contributed by atoms with Gasteiger partial charge < -0.3 is 15.0 Å². The summed E-state index contributed by atoms with van der Waals surface area (Å²) in [5, 5.41) is 10.2. The van der Waals surface area contributed by atoms with Crippen molar-refractivity contribution in [2.45, 2.75) is 6.04 Å². The van der Waals surface area contributed by atoms with Crippen LogP contribution >= 0.6 is 11.3 Å². The van der Waals surface area contributed by atoms with Gasteiger partial charge in [-0.25, -0.2) is 4.39 Å². The number of hydrogen-bond donors (Lipinski definition) is 2. The van der Waals surface area contributed by atoms with E-state index in [4.69, 9.17) is 4.74 Å². The van der Waals surface area contributed by atoms with Crippen molar-refractivity contribution in [3.63, 3.8) is 0 Å². The third-order valence-corrected chi connectivity index (χ3v) is 6.01. The van der Waals surface area contributed by atoms with Crippen LogP contribution in [0.5, 0.6) is 5.75 Å². The number of aromatic nitrogens is 3. The van der Waals surface area contributed by atoms with Crippen LogP contribution in [-0.4, -0.2) is 35.0 Å². The summed E-state index contributed by atoms with van der Waals surface area (Å²) in [7, 11) is 1.51. The fourth-order valence-electron chi connectivity index (χ4n) is 3.51. The summed E-state index contributed by atoms with van der Waals surface area (Å²) in [4.78, 5) is 15.7. The van der Waals surface area contributed by atoms with Crippen LogP contribution in [0.1, 0.15) is 6.04 Å². The summed E-state index contributed by atoms with van der Waals surface area (Å²) in [5.41, 5.74) is 2.84. The van der Waals surface area contributed by atoms with E-state index in [1.165, 1.54) is 30.6 Å². The zero-order valence-corrected chi connectivity index (χ0v) is 15.8. The van der Waals surface area contributed by atoms with Gasteiger partial charge in [-0.2, -0.15) is 5.10 Å². The molecule has 0 amide bonds. The average Bonchev–Trinajstić information content (AvgIpc) is 3.30. The van der Waals surface area contributed by atoms with Gasteiger partial charge in [-0.05, 0) is 23.6 Å². The zero-order valence-electron chi connectivity index (χ0n) is 15.0. The number of nitrogens with zero attached hydrogens (tertiary/aromatic N) is 2. The summed E-state index contributed by atoms with van der Waals surface area (Å²) in [6.07, 6.45) is 3.69. The number of pyridine rings is 1. The Morgan fingerprint density at radius 2 is 2.18 bits per heavy atom. The number of fused-ring (bicyclic) bond motifs is 1. The van der Waals surface area contributed by atoms with E-state index in [1.807, 2.05) is 16.3 Å². The summed E-state index contributed by atoms with van der Waals surface area (Å²) in [5.74, 6) is 0.0397. The monoisotopic (exact) mass is 396 g/mol. The molecule has 0 aliphatic carbocycles. The molecule has 142 valence electrons. The smallest absolute Gasteiger partial charge is 0.257 e. The maximum atomic E-state index is 13.8. The number of nitrogens with one attached hydrogen (secondary N) is 2. The van der Waals surface area contributed by atoms with Crippen molar-refractivity contribution in [3.8, 4) is 28.1 Å². The number of methoxy groups -OCH3 is 1. The van der Waals surface area contributed by atoms with Crippen LogP contribution in [0.15, 0.2) is 46.8 Å². The fourth-order valence-corrected chi connectivity index (χ4v) is 4.47. The van der Waals surface area contributed by atoms with E-state index in [9.17, 15) is 9.18 Å². The minimum Gasteiger partial charge on any atom is -0.496 e. The molecule has 0 saturated carbocycles. The second-order valence-electron chi connectivity index (χ2n) is 6.73. The number of hydrogen-bond acceptors (Lipinski definition) is 5.